The van der Waals surface area contributed by atoms with Gasteiger partial charge in [-0.2, -0.15) is 0 Å². The predicted octanol–water partition coefficient (Wildman–Crippen LogP) is 3.84. The van der Waals surface area contributed by atoms with E-state index in [0.29, 0.717) is 32.0 Å². The molecule has 0 atom stereocenters. The number of aliphatic imine (C=N–C) groups is 1. The van der Waals surface area contributed by atoms with Crippen LogP contribution >= 0.6 is 24.0 Å². The first-order valence-corrected chi connectivity index (χ1v) is 9.84. The van der Waals surface area contributed by atoms with Crippen molar-refractivity contribution in [2.24, 2.45) is 4.99 Å². The number of benzene rings is 2. The van der Waals surface area contributed by atoms with E-state index in [-0.39, 0.29) is 29.8 Å². The van der Waals surface area contributed by atoms with Crippen molar-refractivity contribution in [3.05, 3.63) is 65.0 Å². The SMILES string of the molecule is CCNC(=NCc1cccc(C)c1)NCc1ccc(N2CCOCC2)c(F)c1.I. The monoisotopic (exact) mass is 512 g/mol. The van der Waals surface area contributed by atoms with Gasteiger partial charge in [0.25, 0.3) is 0 Å². The lowest BCUT2D eigenvalue weighted by Crippen LogP contribution is -2.37. The largest absolute Gasteiger partial charge is 0.378 e. The Morgan fingerprint density at radius 3 is 2.59 bits per heavy atom. The number of guanidine groups is 1. The molecule has 29 heavy (non-hydrogen) atoms. The second-order valence-corrected chi connectivity index (χ2v) is 6.92. The summed E-state index contributed by atoms with van der Waals surface area (Å²) >= 11 is 0. The molecule has 5 nitrogen and oxygen atoms in total. The number of nitrogens with one attached hydrogen (secondary N) is 2. The number of morpholine rings is 1. The molecule has 3 rings (SSSR count). The first-order valence-electron chi connectivity index (χ1n) is 9.84. The normalized spacial score (nSPS) is 14.3. The summed E-state index contributed by atoms with van der Waals surface area (Å²) in [7, 11) is 0. The smallest absolute Gasteiger partial charge is 0.191 e. The van der Waals surface area contributed by atoms with Crippen LogP contribution in [0.5, 0.6) is 0 Å². The minimum Gasteiger partial charge on any atom is -0.378 e. The number of hydrogen-bond donors (Lipinski definition) is 2. The molecule has 0 amide bonds. The predicted molar refractivity (Wildman–Crippen MR) is 128 cm³/mol. The molecule has 0 unspecified atom stereocenters. The zero-order chi connectivity index (χ0) is 19.8. The molecule has 7 heteroatoms. The van der Waals surface area contributed by atoms with Gasteiger partial charge in [0.2, 0.25) is 0 Å². The third-order valence-corrected chi connectivity index (χ3v) is 4.67. The lowest BCUT2D eigenvalue weighted by atomic mass is 10.1. The summed E-state index contributed by atoms with van der Waals surface area (Å²) in [5.74, 6) is 0.532. The number of aryl methyl sites for hydroxylation is 1. The fourth-order valence-electron chi connectivity index (χ4n) is 3.23. The Morgan fingerprint density at radius 1 is 1.10 bits per heavy atom. The van der Waals surface area contributed by atoms with Crippen molar-refractivity contribution in [3.8, 4) is 0 Å². The molecular weight excluding hydrogens is 482 g/mol. The van der Waals surface area contributed by atoms with Crippen LogP contribution in [0.1, 0.15) is 23.6 Å². The summed E-state index contributed by atoms with van der Waals surface area (Å²) in [6.07, 6.45) is 0. The molecule has 2 aromatic carbocycles. The summed E-state index contributed by atoms with van der Waals surface area (Å²) in [4.78, 5) is 6.66. The van der Waals surface area contributed by atoms with E-state index < -0.39 is 0 Å². The average molecular weight is 512 g/mol. The molecule has 0 saturated carbocycles. The third kappa shape index (κ3) is 7.15. The number of nitrogens with zero attached hydrogens (tertiary/aromatic N) is 2. The van der Waals surface area contributed by atoms with Gasteiger partial charge in [-0.25, -0.2) is 9.38 Å². The van der Waals surface area contributed by atoms with E-state index in [4.69, 9.17) is 4.74 Å². The van der Waals surface area contributed by atoms with Crippen LogP contribution in [-0.4, -0.2) is 38.8 Å². The number of rotatable bonds is 6. The van der Waals surface area contributed by atoms with Gasteiger partial charge in [-0.3, -0.25) is 0 Å². The second-order valence-electron chi connectivity index (χ2n) is 6.92. The standard InChI is InChI=1S/C22H29FN4O.HI/c1-3-24-22(25-15-18-6-4-5-17(2)13-18)26-16-19-7-8-21(20(23)14-19)27-9-11-28-12-10-27;/h4-8,13-14H,3,9-12,15-16H2,1-2H3,(H2,24,25,26);1H. The molecule has 0 radical (unpaired) electrons. The molecule has 0 aliphatic carbocycles. The quantitative estimate of drug-likeness (QED) is 0.351. The highest BCUT2D eigenvalue weighted by Gasteiger charge is 2.15. The molecule has 2 N–H and O–H groups in total. The molecule has 1 heterocycles. The molecular formula is C22H30FIN4O. The zero-order valence-electron chi connectivity index (χ0n) is 17.1. The van der Waals surface area contributed by atoms with Crippen LogP contribution in [0.2, 0.25) is 0 Å². The van der Waals surface area contributed by atoms with Crippen molar-refractivity contribution >= 4 is 35.6 Å². The number of halogens is 2. The fraction of sp³-hybridized carbons (Fsp3) is 0.409. The Labute approximate surface area is 189 Å². The lowest BCUT2D eigenvalue weighted by molar-refractivity contribution is 0.122. The van der Waals surface area contributed by atoms with Crippen molar-refractivity contribution in [1.82, 2.24) is 10.6 Å². The molecule has 1 aliphatic heterocycles. The molecule has 0 aromatic heterocycles. The fourth-order valence-corrected chi connectivity index (χ4v) is 3.23. The van der Waals surface area contributed by atoms with E-state index in [9.17, 15) is 4.39 Å². The highest BCUT2D eigenvalue weighted by atomic mass is 127. The van der Waals surface area contributed by atoms with E-state index >= 15 is 0 Å². The van der Waals surface area contributed by atoms with Crippen LogP contribution < -0.4 is 15.5 Å². The van der Waals surface area contributed by atoms with Crippen molar-refractivity contribution in [1.29, 1.82) is 0 Å². The topological polar surface area (TPSA) is 48.9 Å². The maximum absolute atomic E-state index is 14.6. The van der Waals surface area contributed by atoms with Gasteiger partial charge in [-0.15, -0.1) is 24.0 Å². The van der Waals surface area contributed by atoms with Gasteiger partial charge in [0.05, 0.1) is 25.4 Å². The zero-order valence-corrected chi connectivity index (χ0v) is 19.4. The Bertz CT molecular complexity index is 809. The van der Waals surface area contributed by atoms with E-state index in [1.54, 1.807) is 6.07 Å². The molecule has 1 aliphatic rings. The lowest BCUT2D eigenvalue weighted by Gasteiger charge is -2.29. The Balaban J connectivity index is 0.00000300. The summed E-state index contributed by atoms with van der Waals surface area (Å²) in [5.41, 5.74) is 3.92. The Kier molecular flexibility index (Phi) is 9.66. The van der Waals surface area contributed by atoms with E-state index in [1.165, 1.54) is 5.56 Å². The van der Waals surface area contributed by atoms with Crippen molar-refractivity contribution in [2.45, 2.75) is 26.9 Å². The van der Waals surface area contributed by atoms with Crippen LogP contribution in [0.25, 0.3) is 0 Å². The summed E-state index contributed by atoms with van der Waals surface area (Å²) in [6, 6.07) is 13.7. The van der Waals surface area contributed by atoms with Gasteiger partial charge >= 0.3 is 0 Å². The van der Waals surface area contributed by atoms with Gasteiger partial charge in [0, 0.05) is 26.2 Å². The van der Waals surface area contributed by atoms with Crippen molar-refractivity contribution < 1.29 is 9.13 Å². The van der Waals surface area contributed by atoms with E-state index in [2.05, 4.69) is 40.7 Å². The minimum atomic E-state index is -0.192. The maximum atomic E-state index is 14.6. The number of hydrogen-bond acceptors (Lipinski definition) is 3. The van der Waals surface area contributed by atoms with Crippen molar-refractivity contribution in [2.75, 3.05) is 37.7 Å². The Hall–Kier alpha value is -1.87. The first kappa shape index (κ1) is 23.4. The van der Waals surface area contributed by atoms with Crippen LogP contribution in [0.15, 0.2) is 47.5 Å². The number of anilines is 1. The maximum Gasteiger partial charge on any atom is 0.191 e. The summed E-state index contributed by atoms with van der Waals surface area (Å²) in [6.45, 7) is 8.73. The summed E-state index contributed by atoms with van der Waals surface area (Å²) < 4.78 is 19.9. The second kappa shape index (κ2) is 12.0. The Morgan fingerprint density at radius 2 is 1.90 bits per heavy atom. The number of ether oxygens (including phenoxy) is 1. The summed E-state index contributed by atoms with van der Waals surface area (Å²) in [5, 5.41) is 6.53. The first-order chi connectivity index (χ1) is 13.7. The van der Waals surface area contributed by atoms with Gasteiger partial charge in [-0.05, 0) is 37.1 Å². The van der Waals surface area contributed by atoms with Crippen LogP contribution in [-0.2, 0) is 17.8 Å². The third-order valence-electron chi connectivity index (χ3n) is 4.67. The molecule has 1 saturated heterocycles. The molecule has 0 spiro atoms. The van der Waals surface area contributed by atoms with Crippen LogP contribution in [0.4, 0.5) is 10.1 Å². The van der Waals surface area contributed by atoms with Gasteiger partial charge in [0.15, 0.2) is 5.96 Å². The average Bonchev–Trinajstić information content (AvgIpc) is 2.71. The van der Waals surface area contributed by atoms with Gasteiger partial charge < -0.3 is 20.3 Å². The minimum absolute atomic E-state index is 0. The molecule has 158 valence electrons. The van der Waals surface area contributed by atoms with Crippen LogP contribution in [0, 0.1) is 12.7 Å². The van der Waals surface area contributed by atoms with Crippen LogP contribution in [0.3, 0.4) is 0 Å². The van der Waals surface area contributed by atoms with Gasteiger partial charge in [0.1, 0.15) is 5.82 Å². The van der Waals surface area contributed by atoms with Gasteiger partial charge in [-0.1, -0.05) is 35.9 Å². The molecule has 0 bridgehead atoms. The van der Waals surface area contributed by atoms with Crippen molar-refractivity contribution in [3.63, 3.8) is 0 Å². The van der Waals surface area contributed by atoms with E-state index in [1.807, 2.05) is 30.0 Å². The highest BCUT2D eigenvalue weighted by Crippen LogP contribution is 2.21. The van der Waals surface area contributed by atoms with E-state index in [0.717, 1.165) is 36.7 Å². The molecule has 1 fully saturated rings. The highest BCUT2D eigenvalue weighted by molar-refractivity contribution is 14.0. The molecule has 2 aromatic rings.